The Morgan fingerprint density at radius 1 is 1.52 bits per heavy atom. The minimum Gasteiger partial charge on any atom is -0.461 e. The number of carbonyl (C=O) groups excluding carboxylic acids is 1. The Balaban J connectivity index is 2.07. The molecule has 1 aromatic rings. The number of carbonyl (C=O) groups is 1. The van der Waals surface area contributed by atoms with E-state index >= 15 is 0 Å². The summed E-state index contributed by atoms with van der Waals surface area (Å²) in [6.07, 6.45) is -0.0764. The third kappa shape index (κ3) is 5.11. The van der Waals surface area contributed by atoms with Crippen LogP contribution in [0.25, 0.3) is 0 Å². The molecule has 2 rings (SSSR count). The predicted molar refractivity (Wildman–Crippen MR) is 85.8 cm³/mol. The molecule has 138 valence electrons. The van der Waals surface area contributed by atoms with Gasteiger partial charge in [0.05, 0.1) is 11.0 Å². The Labute approximate surface area is 149 Å². The molecule has 0 radical (unpaired) electrons. The van der Waals surface area contributed by atoms with Crippen LogP contribution in [-0.4, -0.2) is 44.7 Å². The molecule has 1 aliphatic rings. The summed E-state index contributed by atoms with van der Waals surface area (Å²) in [7, 11) is -4.57. The molecule has 1 unspecified atom stereocenters. The molecule has 1 aromatic carbocycles. The van der Waals surface area contributed by atoms with Gasteiger partial charge in [-0.3, -0.25) is 14.3 Å². The van der Waals surface area contributed by atoms with Crippen LogP contribution in [-0.2, 0) is 28.6 Å². The number of nitro groups is 1. The number of halogens is 1. The lowest BCUT2D eigenvalue weighted by atomic mass is 10.2. The van der Waals surface area contributed by atoms with Crippen LogP contribution < -0.4 is 0 Å². The lowest BCUT2D eigenvalue weighted by Gasteiger charge is -2.15. The van der Waals surface area contributed by atoms with Crippen LogP contribution in [0, 0.1) is 10.1 Å². The third-order valence-corrected chi connectivity index (χ3v) is 5.09. The van der Waals surface area contributed by atoms with Gasteiger partial charge in [-0.2, -0.15) is 8.42 Å². The number of ether oxygens (including phenoxy) is 2. The van der Waals surface area contributed by atoms with E-state index in [-0.39, 0.29) is 17.7 Å². The van der Waals surface area contributed by atoms with E-state index in [4.69, 9.17) is 25.3 Å². The van der Waals surface area contributed by atoms with Crippen LogP contribution in [0.5, 0.6) is 0 Å². The molecule has 1 fully saturated rings. The summed E-state index contributed by atoms with van der Waals surface area (Å²) in [6.45, 7) is 1.76. The fourth-order valence-electron chi connectivity index (χ4n) is 2.19. The van der Waals surface area contributed by atoms with Gasteiger partial charge in [0.2, 0.25) is 0 Å². The van der Waals surface area contributed by atoms with E-state index in [1.54, 1.807) is 0 Å². The maximum Gasteiger partial charge on any atom is 0.336 e. The van der Waals surface area contributed by atoms with E-state index in [1.807, 2.05) is 0 Å². The normalized spacial score (nSPS) is 18.7. The number of hydrogen-bond acceptors (Lipinski definition) is 8. The van der Waals surface area contributed by atoms with Crippen LogP contribution in [0.3, 0.4) is 0 Å². The summed E-state index contributed by atoms with van der Waals surface area (Å²) in [4.78, 5) is 21.3. The van der Waals surface area contributed by atoms with Crippen molar-refractivity contribution < 1.29 is 31.8 Å². The van der Waals surface area contributed by atoms with E-state index in [9.17, 15) is 23.3 Å². The Bertz CT molecular complexity index is 760. The zero-order chi connectivity index (χ0) is 18.6. The molecule has 0 bridgehead atoms. The molecule has 0 spiro atoms. The summed E-state index contributed by atoms with van der Waals surface area (Å²) in [5.41, 5.74) is -0.743. The fourth-order valence-corrected chi connectivity index (χ4v) is 3.55. The molecule has 0 N–H and O–H groups in total. The molecule has 0 amide bonds. The summed E-state index contributed by atoms with van der Waals surface area (Å²) in [5.74, 6) is -0.907. The molecule has 0 aliphatic carbocycles. The molecule has 9 nitrogen and oxygen atoms in total. The largest absolute Gasteiger partial charge is 0.461 e. The third-order valence-electron chi connectivity index (χ3n) is 3.43. The summed E-state index contributed by atoms with van der Waals surface area (Å²) >= 11 is 5.64. The molecule has 1 heterocycles. The van der Waals surface area contributed by atoms with Crippen molar-refractivity contribution in [1.29, 1.82) is 0 Å². The Morgan fingerprint density at radius 3 is 2.84 bits per heavy atom. The second kappa shape index (κ2) is 8.09. The van der Waals surface area contributed by atoms with E-state index in [0.29, 0.717) is 6.61 Å². The quantitative estimate of drug-likeness (QED) is 0.298. The highest BCUT2D eigenvalue weighted by Gasteiger charge is 2.31. The summed E-state index contributed by atoms with van der Waals surface area (Å²) < 4.78 is 39.5. The van der Waals surface area contributed by atoms with Crippen molar-refractivity contribution in [2.75, 3.05) is 13.2 Å². The monoisotopic (exact) mass is 393 g/mol. The van der Waals surface area contributed by atoms with Gasteiger partial charge in [-0.15, -0.1) is 0 Å². The maximum absolute atomic E-state index is 12.2. The zero-order valence-electron chi connectivity index (χ0n) is 13.2. The summed E-state index contributed by atoms with van der Waals surface area (Å²) in [5, 5.41) is 11.0. The van der Waals surface area contributed by atoms with E-state index in [1.165, 1.54) is 13.0 Å². The van der Waals surface area contributed by atoms with E-state index in [0.717, 1.165) is 25.0 Å². The minimum absolute atomic E-state index is 0.00493. The number of nitro benzene ring substituents is 1. The van der Waals surface area contributed by atoms with Crippen LogP contribution in [0.2, 0.25) is 5.02 Å². The van der Waals surface area contributed by atoms with Gasteiger partial charge in [-0.25, -0.2) is 4.79 Å². The number of hydrogen-bond donors (Lipinski definition) is 0. The molecule has 1 aliphatic heterocycles. The Hall–Kier alpha value is -1.75. The Morgan fingerprint density at radius 2 is 2.24 bits per heavy atom. The first-order valence-corrected chi connectivity index (χ1v) is 9.15. The fraction of sp³-hybridized carbons (Fsp3) is 0.500. The molecular formula is C14H16ClNO8S. The predicted octanol–water partition coefficient (Wildman–Crippen LogP) is 2.06. The highest BCUT2D eigenvalue weighted by Crippen LogP contribution is 2.29. The first kappa shape index (κ1) is 19.6. The molecule has 0 aromatic heterocycles. The molecule has 0 saturated carbocycles. The van der Waals surface area contributed by atoms with Crippen molar-refractivity contribution in [3.05, 3.63) is 33.3 Å². The van der Waals surface area contributed by atoms with Crippen LogP contribution in [0.1, 0.15) is 19.8 Å². The van der Waals surface area contributed by atoms with Gasteiger partial charge in [-0.1, -0.05) is 11.6 Å². The van der Waals surface area contributed by atoms with Gasteiger partial charge in [-0.05, 0) is 31.9 Å². The van der Waals surface area contributed by atoms with E-state index in [2.05, 4.69) is 0 Å². The van der Waals surface area contributed by atoms with Crippen LogP contribution in [0.4, 0.5) is 5.69 Å². The standard InChI is InChI=1S/C14H16ClNO8S/c1-9(14(17)23-8-11-3-2-6-22-11)24-25(20,21)13-5-4-10(15)7-12(13)16(18)19/h4-5,7,9,11H,2-3,6,8H2,1H3/t9?,11-/m0/s1. The number of benzene rings is 1. The van der Waals surface area contributed by atoms with E-state index < -0.39 is 37.7 Å². The van der Waals surface area contributed by atoms with Crippen molar-refractivity contribution in [3.63, 3.8) is 0 Å². The van der Waals surface area contributed by atoms with Gasteiger partial charge >= 0.3 is 16.1 Å². The number of nitrogens with zero attached hydrogens (tertiary/aromatic N) is 1. The van der Waals surface area contributed by atoms with Crippen LogP contribution >= 0.6 is 11.6 Å². The SMILES string of the molecule is CC(OS(=O)(=O)c1ccc(Cl)cc1[N+](=O)[O-])C(=O)OC[C@@H]1CCCO1. The van der Waals surface area contributed by atoms with Crippen molar-refractivity contribution in [2.24, 2.45) is 0 Å². The number of rotatable bonds is 7. The summed E-state index contributed by atoms with van der Waals surface area (Å²) in [6, 6.07) is 3.00. The average molecular weight is 394 g/mol. The second-order valence-electron chi connectivity index (χ2n) is 5.33. The van der Waals surface area contributed by atoms with Gasteiger partial charge in [0.15, 0.2) is 11.0 Å². The second-order valence-corrected chi connectivity index (χ2v) is 7.30. The topological polar surface area (TPSA) is 122 Å². The smallest absolute Gasteiger partial charge is 0.336 e. The highest BCUT2D eigenvalue weighted by molar-refractivity contribution is 7.87. The highest BCUT2D eigenvalue weighted by atomic mass is 35.5. The van der Waals surface area contributed by atoms with Gasteiger partial charge in [0.1, 0.15) is 6.61 Å². The zero-order valence-corrected chi connectivity index (χ0v) is 14.8. The molecular weight excluding hydrogens is 378 g/mol. The van der Waals surface area contributed by atoms with Crippen molar-refractivity contribution in [1.82, 2.24) is 0 Å². The lowest BCUT2D eigenvalue weighted by molar-refractivity contribution is -0.387. The lowest BCUT2D eigenvalue weighted by Crippen LogP contribution is -2.29. The number of esters is 1. The van der Waals surface area contributed by atoms with Gasteiger partial charge < -0.3 is 9.47 Å². The molecule has 11 heteroatoms. The van der Waals surface area contributed by atoms with Crippen molar-refractivity contribution in [2.45, 2.75) is 36.9 Å². The average Bonchev–Trinajstić information content (AvgIpc) is 3.05. The molecule has 2 atom stereocenters. The first-order chi connectivity index (χ1) is 11.7. The van der Waals surface area contributed by atoms with Gasteiger partial charge in [0, 0.05) is 17.7 Å². The first-order valence-electron chi connectivity index (χ1n) is 7.36. The molecule has 1 saturated heterocycles. The van der Waals surface area contributed by atoms with Crippen molar-refractivity contribution in [3.8, 4) is 0 Å². The van der Waals surface area contributed by atoms with Gasteiger partial charge in [0.25, 0.3) is 5.69 Å². The van der Waals surface area contributed by atoms with Crippen molar-refractivity contribution >= 4 is 33.4 Å². The Kier molecular flexibility index (Phi) is 6.33. The minimum atomic E-state index is -4.57. The molecule has 25 heavy (non-hydrogen) atoms. The van der Waals surface area contributed by atoms with Crippen LogP contribution in [0.15, 0.2) is 23.1 Å². The maximum atomic E-state index is 12.2.